The summed E-state index contributed by atoms with van der Waals surface area (Å²) in [6.45, 7) is 0. The van der Waals surface area contributed by atoms with Gasteiger partial charge in [0.25, 0.3) is 0 Å². The lowest BCUT2D eigenvalue weighted by Crippen LogP contribution is -2.25. The molecule has 0 atom stereocenters. The van der Waals surface area contributed by atoms with E-state index in [-0.39, 0.29) is 16.2 Å². The summed E-state index contributed by atoms with van der Waals surface area (Å²) >= 11 is 5.76. The van der Waals surface area contributed by atoms with Gasteiger partial charge in [-0.2, -0.15) is 0 Å². The molecule has 3 nitrogen and oxygen atoms in total. The van der Waals surface area contributed by atoms with E-state index in [0.717, 1.165) is 12.8 Å². The molecule has 0 bridgehead atoms. The Morgan fingerprint density at radius 1 is 1.38 bits per heavy atom. The molecule has 0 amide bonds. The zero-order valence-electron chi connectivity index (χ0n) is 8.82. The number of rotatable bonds is 4. The van der Waals surface area contributed by atoms with E-state index in [9.17, 15) is 8.42 Å². The Morgan fingerprint density at radius 2 is 2.06 bits per heavy atom. The average Bonchev–Trinajstić information content (AvgIpc) is 2.95. The monoisotopic (exact) mass is 259 g/mol. The summed E-state index contributed by atoms with van der Waals surface area (Å²) in [6, 6.07) is 6.35. The molecule has 16 heavy (non-hydrogen) atoms. The van der Waals surface area contributed by atoms with Gasteiger partial charge in [0.2, 0.25) is 0 Å². The molecule has 1 aromatic rings. The molecule has 0 aromatic heterocycles. The molecule has 1 aromatic carbocycles. The zero-order chi connectivity index (χ0) is 11.8. The molecule has 1 fully saturated rings. The van der Waals surface area contributed by atoms with Crippen molar-refractivity contribution in [1.82, 2.24) is 0 Å². The molecule has 2 N–H and O–H groups in total. The van der Waals surface area contributed by atoms with Crippen molar-refractivity contribution in [3.63, 3.8) is 0 Å². The van der Waals surface area contributed by atoms with Crippen LogP contribution in [0.5, 0.6) is 0 Å². The van der Waals surface area contributed by atoms with Crippen LogP contribution in [0, 0.1) is 0 Å². The number of nitrogens with two attached hydrogens (primary N) is 1. The first kappa shape index (κ1) is 11.9. The number of hydrogen-bond donors (Lipinski definition) is 1. The number of hydrogen-bond acceptors (Lipinski definition) is 3. The van der Waals surface area contributed by atoms with Crippen molar-refractivity contribution in [2.24, 2.45) is 5.73 Å². The van der Waals surface area contributed by atoms with E-state index in [1.165, 1.54) is 6.07 Å². The van der Waals surface area contributed by atoms with Gasteiger partial charge in [0.1, 0.15) is 0 Å². The molecule has 2 rings (SSSR count). The third-order valence-electron chi connectivity index (χ3n) is 2.92. The highest BCUT2D eigenvalue weighted by Gasteiger charge is 2.38. The lowest BCUT2D eigenvalue weighted by molar-refractivity contribution is 0.579. The summed E-state index contributed by atoms with van der Waals surface area (Å²) in [5.41, 5.74) is 5.64. The summed E-state index contributed by atoms with van der Waals surface area (Å²) < 4.78 is 23.9. The second-order valence-electron chi connectivity index (χ2n) is 4.39. The van der Waals surface area contributed by atoms with E-state index in [1.54, 1.807) is 18.2 Å². The van der Waals surface area contributed by atoms with Crippen molar-refractivity contribution >= 4 is 21.4 Å². The van der Waals surface area contributed by atoms with Crippen LogP contribution in [0.3, 0.4) is 0 Å². The molecule has 1 aliphatic carbocycles. The molecule has 88 valence electrons. The maximum Gasteiger partial charge on any atom is 0.178 e. The highest BCUT2D eigenvalue weighted by molar-refractivity contribution is 7.91. The van der Waals surface area contributed by atoms with Crippen molar-refractivity contribution in [1.29, 1.82) is 0 Å². The van der Waals surface area contributed by atoms with Gasteiger partial charge in [0.15, 0.2) is 9.84 Å². The topological polar surface area (TPSA) is 60.2 Å². The number of benzene rings is 1. The molecule has 0 radical (unpaired) electrons. The number of halogens is 1. The zero-order valence-corrected chi connectivity index (χ0v) is 10.4. The van der Waals surface area contributed by atoms with Gasteiger partial charge in [-0.1, -0.05) is 17.7 Å². The van der Waals surface area contributed by atoms with Crippen LogP contribution in [-0.2, 0) is 9.84 Å². The summed E-state index contributed by atoms with van der Waals surface area (Å²) in [5, 5.41) is 0.440. The van der Waals surface area contributed by atoms with Crippen molar-refractivity contribution in [3.8, 4) is 0 Å². The molecule has 0 spiro atoms. The predicted molar refractivity (Wildman–Crippen MR) is 64.3 cm³/mol. The summed E-state index contributed by atoms with van der Waals surface area (Å²) in [5.74, 6) is 0.101. The fraction of sp³-hybridized carbons (Fsp3) is 0.455. The Morgan fingerprint density at radius 3 is 2.62 bits per heavy atom. The van der Waals surface area contributed by atoms with Gasteiger partial charge in [-0.05, 0) is 37.5 Å². The summed E-state index contributed by atoms with van der Waals surface area (Å²) in [7, 11) is -3.24. The van der Waals surface area contributed by atoms with Crippen LogP contribution in [0.4, 0.5) is 0 Å². The first-order valence-electron chi connectivity index (χ1n) is 5.19. The van der Waals surface area contributed by atoms with E-state index in [2.05, 4.69) is 0 Å². The molecule has 0 saturated heterocycles. The molecule has 1 aliphatic rings. The van der Waals surface area contributed by atoms with Gasteiger partial charge in [0, 0.05) is 10.6 Å². The second kappa shape index (κ2) is 4.02. The van der Waals surface area contributed by atoms with Gasteiger partial charge in [-0.15, -0.1) is 0 Å². The minimum Gasteiger partial charge on any atom is -0.325 e. The normalized spacial score (nSPS) is 18.4. The van der Waals surface area contributed by atoms with Crippen LogP contribution < -0.4 is 5.73 Å². The Hall–Kier alpha value is -0.580. The highest BCUT2D eigenvalue weighted by Crippen LogP contribution is 2.36. The van der Waals surface area contributed by atoms with Gasteiger partial charge in [-0.25, -0.2) is 8.42 Å². The Balaban J connectivity index is 2.12. The third-order valence-corrected chi connectivity index (χ3v) is 4.86. The standard InChI is InChI=1S/C11H14ClNO2S/c12-9-2-1-3-10(8-9)16(14,15)7-6-11(13)4-5-11/h1-3,8H,4-7,13H2. The van der Waals surface area contributed by atoms with E-state index in [4.69, 9.17) is 17.3 Å². The Labute approximate surface area is 101 Å². The molecule has 0 unspecified atom stereocenters. The van der Waals surface area contributed by atoms with Crippen LogP contribution in [0.15, 0.2) is 29.2 Å². The van der Waals surface area contributed by atoms with Crippen molar-refractivity contribution in [2.75, 3.05) is 5.75 Å². The molecule has 0 heterocycles. The first-order chi connectivity index (χ1) is 7.41. The quantitative estimate of drug-likeness (QED) is 0.900. The van der Waals surface area contributed by atoms with Gasteiger partial charge in [-0.3, -0.25) is 0 Å². The van der Waals surface area contributed by atoms with Crippen LogP contribution in [0.1, 0.15) is 19.3 Å². The van der Waals surface area contributed by atoms with Crippen LogP contribution in [0.25, 0.3) is 0 Å². The largest absolute Gasteiger partial charge is 0.325 e. The van der Waals surface area contributed by atoms with Gasteiger partial charge >= 0.3 is 0 Å². The van der Waals surface area contributed by atoms with Gasteiger partial charge in [0.05, 0.1) is 10.6 Å². The van der Waals surface area contributed by atoms with E-state index >= 15 is 0 Å². The highest BCUT2D eigenvalue weighted by atomic mass is 35.5. The van der Waals surface area contributed by atoms with Crippen LogP contribution in [0.2, 0.25) is 5.02 Å². The smallest absolute Gasteiger partial charge is 0.178 e. The molecule has 5 heteroatoms. The SMILES string of the molecule is NC1(CCS(=O)(=O)c2cccc(Cl)c2)CC1. The fourth-order valence-electron chi connectivity index (χ4n) is 1.53. The summed E-state index contributed by atoms with van der Waals surface area (Å²) in [6.07, 6.45) is 2.39. The maximum atomic E-state index is 11.9. The molecule has 0 aliphatic heterocycles. The fourth-order valence-corrected chi connectivity index (χ4v) is 3.28. The molecular weight excluding hydrogens is 246 g/mol. The summed E-state index contributed by atoms with van der Waals surface area (Å²) in [4.78, 5) is 0.282. The van der Waals surface area contributed by atoms with E-state index < -0.39 is 9.84 Å². The van der Waals surface area contributed by atoms with Crippen molar-refractivity contribution in [2.45, 2.75) is 29.7 Å². The average molecular weight is 260 g/mol. The van der Waals surface area contributed by atoms with Crippen molar-refractivity contribution < 1.29 is 8.42 Å². The van der Waals surface area contributed by atoms with Crippen molar-refractivity contribution in [3.05, 3.63) is 29.3 Å². The second-order valence-corrected chi connectivity index (χ2v) is 6.93. The Kier molecular flexibility index (Phi) is 2.99. The minimum absolute atomic E-state index is 0.101. The predicted octanol–water partition coefficient (Wildman–Crippen LogP) is 2.00. The third kappa shape index (κ3) is 2.75. The number of sulfone groups is 1. The van der Waals surface area contributed by atoms with Gasteiger partial charge < -0.3 is 5.73 Å². The molecular formula is C11H14ClNO2S. The van der Waals surface area contributed by atoms with E-state index in [0.29, 0.717) is 11.4 Å². The minimum atomic E-state index is -3.24. The lowest BCUT2D eigenvalue weighted by atomic mass is 10.2. The first-order valence-corrected chi connectivity index (χ1v) is 7.22. The van der Waals surface area contributed by atoms with Crippen LogP contribution in [-0.4, -0.2) is 19.7 Å². The molecule has 1 saturated carbocycles. The van der Waals surface area contributed by atoms with E-state index in [1.807, 2.05) is 0 Å². The maximum absolute atomic E-state index is 11.9. The van der Waals surface area contributed by atoms with Crippen LogP contribution >= 0.6 is 11.6 Å². The Bertz CT molecular complexity index is 494. The lowest BCUT2D eigenvalue weighted by Gasteiger charge is -2.09.